The molecule has 94 valence electrons. The first-order valence-electron chi connectivity index (χ1n) is 4.99. The number of oxazole rings is 1. The number of benzene rings is 1. The third-order valence-electron chi connectivity index (χ3n) is 2.13. The number of carboxylic acids is 2. The fraction of sp³-hybridized carbons (Fsp3) is 0.182. The summed E-state index contributed by atoms with van der Waals surface area (Å²) in [4.78, 5) is 25.2. The van der Waals surface area contributed by atoms with Crippen LogP contribution in [-0.4, -0.2) is 22.2 Å². The van der Waals surface area contributed by atoms with E-state index in [1.54, 1.807) is 24.3 Å². The van der Waals surface area contributed by atoms with E-state index in [-0.39, 0.29) is 64.3 Å². The van der Waals surface area contributed by atoms with Crippen LogP contribution in [0.3, 0.4) is 0 Å². The molecule has 0 aliphatic carbocycles. The van der Waals surface area contributed by atoms with Crippen molar-refractivity contribution in [3.8, 4) is 0 Å². The van der Waals surface area contributed by atoms with E-state index in [2.05, 4.69) is 4.98 Å². The Hall–Kier alpha value is -0.0200. The number of carbonyl (C=O) groups excluding carboxylic acids is 2. The van der Waals surface area contributed by atoms with Gasteiger partial charge in [0.15, 0.2) is 5.58 Å². The van der Waals surface area contributed by atoms with E-state index in [9.17, 15) is 19.8 Å². The molecular formula is C11H7NNa2O5S. The minimum Gasteiger partial charge on any atom is -0.550 e. The zero-order chi connectivity index (χ0) is 13.1. The molecule has 0 N–H and O–H groups in total. The van der Waals surface area contributed by atoms with Crippen LogP contribution in [0.4, 0.5) is 0 Å². The van der Waals surface area contributed by atoms with Crippen molar-refractivity contribution in [2.45, 2.75) is 16.9 Å². The van der Waals surface area contributed by atoms with Gasteiger partial charge in [-0.25, -0.2) is 4.98 Å². The van der Waals surface area contributed by atoms with Crippen LogP contribution in [0.1, 0.15) is 6.42 Å². The van der Waals surface area contributed by atoms with E-state index in [0.29, 0.717) is 22.9 Å². The molecule has 2 rings (SSSR count). The fourth-order valence-electron chi connectivity index (χ4n) is 1.35. The molecule has 0 fully saturated rings. The molecule has 0 saturated carbocycles. The molecule has 6 nitrogen and oxygen atoms in total. The summed E-state index contributed by atoms with van der Waals surface area (Å²) < 4.78 is 5.28. The van der Waals surface area contributed by atoms with Gasteiger partial charge in [-0.2, -0.15) is 0 Å². The van der Waals surface area contributed by atoms with Gasteiger partial charge in [-0.15, -0.1) is 0 Å². The normalized spacial score (nSPS) is 11.2. The number of carboxylic acid groups (broad SMARTS) is 2. The second kappa shape index (κ2) is 9.09. The van der Waals surface area contributed by atoms with Crippen molar-refractivity contribution in [3.05, 3.63) is 24.3 Å². The minimum absolute atomic E-state index is 0. The van der Waals surface area contributed by atoms with Crippen LogP contribution in [0.15, 0.2) is 33.9 Å². The van der Waals surface area contributed by atoms with Crippen LogP contribution in [0.5, 0.6) is 0 Å². The summed E-state index contributed by atoms with van der Waals surface area (Å²) in [5.41, 5.74) is 1.08. The van der Waals surface area contributed by atoms with E-state index in [1.165, 1.54) is 0 Å². The Morgan fingerprint density at radius 1 is 1.25 bits per heavy atom. The van der Waals surface area contributed by atoms with Gasteiger partial charge in [0.05, 0.1) is 11.2 Å². The molecule has 0 aliphatic heterocycles. The molecule has 0 aliphatic rings. The maximum absolute atomic E-state index is 10.8. The Balaban J connectivity index is 0.00000180. The third kappa shape index (κ3) is 5.40. The van der Waals surface area contributed by atoms with Gasteiger partial charge >= 0.3 is 59.1 Å². The second-order valence-electron chi connectivity index (χ2n) is 3.45. The van der Waals surface area contributed by atoms with Gasteiger partial charge in [-0.05, 0) is 12.1 Å². The maximum Gasteiger partial charge on any atom is 1.00 e. The Bertz CT molecular complexity index is 570. The quantitative estimate of drug-likeness (QED) is 0.399. The molecule has 2 aromatic rings. The zero-order valence-corrected chi connectivity index (χ0v) is 15.8. The molecule has 0 spiro atoms. The molecule has 1 aromatic heterocycles. The first-order valence-corrected chi connectivity index (χ1v) is 5.87. The average Bonchev–Trinajstić information content (AvgIpc) is 2.69. The molecule has 1 aromatic carbocycles. The predicted octanol–water partition coefficient (Wildman–Crippen LogP) is -6.81. The van der Waals surface area contributed by atoms with Crippen LogP contribution in [0.25, 0.3) is 11.1 Å². The van der Waals surface area contributed by atoms with Crippen molar-refractivity contribution >= 4 is 34.8 Å². The molecule has 0 saturated heterocycles. The van der Waals surface area contributed by atoms with Gasteiger partial charge in [0, 0.05) is 12.4 Å². The van der Waals surface area contributed by atoms with E-state index in [0.717, 1.165) is 0 Å². The van der Waals surface area contributed by atoms with Crippen molar-refractivity contribution in [1.82, 2.24) is 4.98 Å². The van der Waals surface area contributed by atoms with Crippen molar-refractivity contribution < 1.29 is 83.3 Å². The minimum atomic E-state index is -1.49. The number of aromatic nitrogens is 1. The fourth-order valence-corrected chi connectivity index (χ4v) is 2.20. The van der Waals surface area contributed by atoms with Crippen molar-refractivity contribution in [2.24, 2.45) is 0 Å². The Morgan fingerprint density at radius 2 is 1.90 bits per heavy atom. The third-order valence-corrected chi connectivity index (χ3v) is 3.15. The van der Waals surface area contributed by atoms with Gasteiger partial charge < -0.3 is 24.2 Å². The van der Waals surface area contributed by atoms with Crippen molar-refractivity contribution in [1.29, 1.82) is 0 Å². The molecule has 0 amide bonds. The van der Waals surface area contributed by atoms with Crippen LogP contribution in [0, 0.1) is 0 Å². The van der Waals surface area contributed by atoms with Gasteiger partial charge in [0.1, 0.15) is 5.52 Å². The van der Waals surface area contributed by atoms with Gasteiger partial charge in [0.2, 0.25) is 0 Å². The molecule has 1 unspecified atom stereocenters. The largest absolute Gasteiger partial charge is 1.00 e. The Morgan fingerprint density at radius 3 is 2.45 bits per heavy atom. The molecule has 0 bridgehead atoms. The molecule has 0 radical (unpaired) electrons. The van der Waals surface area contributed by atoms with Crippen molar-refractivity contribution in [2.75, 3.05) is 0 Å². The molecule has 1 heterocycles. The van der Waals surface area contributed by atoms with E-state index < -0.39 is 23.6 Å². The molecule has 1 atom stereocenters. The number of hydrogen-bond acceptors (Lipinski definition) is 7. The number of fused-ring (bicyclic) bond motifs is 1. The summed E-state index contributed by atoms with van der Waals surface area (Å²) in [6.45, 7) is 0. The SMILES string of the molecule is O=C([O-])CC(Sc1nc2ccccc2o1)C(=O)[O-].[Na+].[Na+]. The van der Waals surface area contributed by atoms with Crippen LogP contribution >= 0.6 is 11.8 Å². The smallest absolute Gasteiger partial charge is 0.550 e. The van der Waals surface area contributed by atoms with Gasteiger partial charge in [0.25, 0.3) is 5.22 Å². The summed E-state index contributed by atoms with van der Waals surface area (Å²) in [5, 5.41) is 20.0. The standard InChI is InChI=1S/C11H9NO5S.2Na/c13-9(14)5-8(10(15)16)18-11-12-6-3-1-2-4-7(6)17-11;;/h1-4,8H,5H2,(H,13,14)(H,15,16);;/q;2*+1/p-2. The molecule has 20 heavy (non-hydrogen) atoms. The van der Waals surface area contributed by atoms with Gasteiger partial charge in [-0.1, -0.05) is 23.9 Å². The van der Waals surface area contributed by atoms with Crippen LogP contribution < -0.4 is 69.3 Å². The number of thioether (sulfide) groups is 1. The van der Waals surface area contributed by atoms with Crippen LogP contribution in [0.2, 0.25) is 0 Å². The number of rotatable bonds is 5. The van der Waals surface area contributed by atoms with Gasteiger partial charge in [-0.3, -0.25) is 0 Å². The molecule has 9 heteroatoms. The maximum atomic E-state index is 10.8. The van der Waals surface area contributed by atoms with Crippen LogP contribution in [-0.2, 0) is 9.59 Å². The summed E-state index contributed by atoms with van der Waals surface area (Å²) in [6, 6.07) is 6.89. The monoisotopic (exact) mass is 311 g/mol. The Kier molecular flexibility index (Phi) is 9.08. The summed E-state index contributed by atoms with van der Waals surface area (Å²) in [6.07, 6.45) is -0.661. The average molecular weight is 311 g/mol. The number of hydrogen-bond donors (Lipinski definition) is 0. The number of para-hydroxylation sites is 2. The van der Waals surface area contributed by atoms with E-state index in [4.69, 9.17) is 4.42 Å². The van der Waals surface area contributed by atoms with E-state index >= 15 is 0 Å². The summed E-state index contributed by atoms with van der Waals surface area (Å²) >= 11 is 0.690. The number of nitrogens with zero attached hydrogens (tertiary/aromatic N) is 1. The Labute approximate surface area is 162 Å². The first kappa shape index (κ1) is 20.0. The number of aliphatic carboxylic acids is 2. The predicted molar refractivity (Wildman–Crippen MR) is 58.3 cm³/mol. The zero-order valence-electron chi connectivity index (χ0n) is 11.0. The van der Waals surface area contributed by atoms with E-state index in [1.807, 2.05) is 0 Å². The first-order chi connectivity index (χ1) is 8.56. The summed E-state index contributed by atoms with van der Waals surface area (Å²) in [5.74, 6) is -2.96. The molecular weight excluding hydrogens is 304 g/mol. The summed E-state index contributed by atoms with van der Waals surface area (Å²) in [7, 11) is 0. The van der Waals surface area contributed by atoms with Crippen molar-refractivity contribution in [3.63, 3.8) is 0 Å². The number of carbonyl (C=O) groups is 2. The second-order valence-corrected chi connectivity index (χ2v) is 4.60. The topological polar surface area (TPSA) is 106 Å².